The maximum atomic E-state index is 11.1. The van der Waals surface area contributed by atoms with Crippen LogP contribution < -0.4 is 19.7 Å². The molecule has 1 heterocycles. The summed E-state index contributed by atoms with van der Waals surface area (Å²) in [4.78, 5) is 17.3. The van der Waals surface area contributed by atoms with Crippen LogP contribution in [0.15, 0.2) is 42.6 Å². The molecule has 0 unspecified atom stereocenters. The number of ether oxygens (including phenoxy) is 2. The van der Waals surface area contributed by atoms with Crippen LogP contribution in [-0.2, 0) is 11.4 Å². The highest BCUT2D eigenvalue weighted by atomic mass is 16.5. The SMILES string of the molecule is CNC(=O)COc1ccc(OCc2ccnc(N(C)C)c2)cc1. The molecule has 1 aromatic carbocycles. The summed E-state index contributed by atoms with van der Waals surface area (Å²) in [6.07, 6.45) is 1.77. The summed E-state index contributed by atoms with van der Waals surface area (Å²) in [6.45, 7) is 0.461. The average molecular weight is 315 g/mol. The van der Waals surface area contributed by atoms with Gasteiger partial charge in [0, 0.05) is 27.3 Å². The molecule has 6 nitrogen and oxygen atoms in total. The third-order valence-corrected chi connectivity index (χ3v) is 3.15. The number of amides is 1. The number of hydrogen-bond donors (Lipinski definition) is 1. The van der Waals surface area contributed by atoms with Crippen LogP contribution >= 0.6 is 0 Å². The number of hydrogen-bond acceptors (Lipinski definition) is 5. The van der Waals surface area contributed by atoms with Gasteiger partial charge in [-0.05, 0) is 42.0 Å². The lowest BCUT2D eigenvalue weighted by atomic mass is 10.2. The number of likely N-dealkylation sites (N-methyl/N-ethyl adjacent to an activating group) is 1. The van der Waals surface area contributed by atoms with Gasteiger partial charge in [0.2, 0.25) is 0 Å². The van der Waals surface area contributed by atoms with Crippen LogP contribution in [0.4, 0.5) is 5.82 Å². The van der Waals surface area contributed by atoms with Gasteiger partial charge < -0.3 is 19.7 Å². The Morgan fingerprint density at radius 2 is 1.78 bits per heavy atom. The minimum absolute atomic E-state index is 0.00102. The van der Waals surface area contributed by atoms with E-state index in [9.17, 15) is 4.79 Å². The van der Waals surface area contributed by atoms with Crippen molar-refractivity contribution < 1.29 is 14.3 Å². The van der Waals surface area contributed by atoms with Gasteiger partial charge in [0.25, 0.3) is 5.91 Å². The zero-order chi connectivity index (χ0) is 16.7. The molecule has 0 aliphatic heterocycles. The van der Waals surface area contributed by atoms with Gasteiger partial charge in [-0.15, -0.1) is 0 Å². The maximum Gasteiger partial charge on any atom is 0.257 e. The average Bonchev–Trinajstić information content (AvgIpc) is 2.59. The van der Waals surface area contributed by atoms with E-state index < -0.39 is 0 Å². The number of carbonyl (C=O) groups is 1. The number of aromatic nitrogens is 1. The molecule has 0 saturated carbocycles. The first-order valence-electron chi connectivity index (χ1n) is 7.27. The third kappa shape index (κ3) is 5.18. The number of benzene rings is 1. The Morgan fingerprint density at radius 1 is 1.13 bits per heavy atom. The highest BCUT2D eigenvalue weighted by molar-refractivity contribution is 5.77. The minimum atomic E-state index is -0.167. The summed E-state index contributed by atoms with van der Waals surface area (Å²) >= 11 is 0. The quantitative estimate of drug-likeness (QED) is 0.845. The van der Waals surface area contributed by atoms with Crippen molar-refractivity contribution in [2.24, 2.45) is 0 Å². The lowest BCUT2D eigenvalue weighted by Crippen LogP contribution is -2.24. The van der Waals surface area contributed by atoms with Crippen molar-refractivity contribution in [2.45, 2.75) is 6.61 Å². The van der Waals surface area contributed by atoms with Crippen LogP contribution in [0, 0.1) is 0 Å². The smallest absolute Gasteiger partial charge is 0.257 e. The van der Waals surface area contributed by atoms with Crippen LogP contribution in [0.25, 0.3) is 0 Å². The highest BCUT2D eigenvalue weighted by Gasteiger charge is 2.02. The predicted octanol–water partition coefficient (Wildman–Crippen LogP) is 1.85. The number of nitrogens with zero attached hydrogens (tertiary/aromatic N) is 2. The van der Waals surface area contributed by atoms with E-state index in [1.165, 1.54) is 0 Å². The fourth-order valence-corrected chi connectivity index (χ4v) is 1.81. The predicted molar refractivity (Wildman–Crippen MR) is 88.9 cm³/mol. The summed E-state index contributed by atoms with van der Waals surface area (Å²) in [5, 5.41) is 2.50. The Balaban J connectivity index is 1.88. The molecule has 0 saturated heterocycles. The molecule has 0 spiro atoms. The molecule has 0 aliphatic carbocycles. The summed E-state index contributed by atoms with van der Waals surface area (Å²) in [5.74, 6) is 2.09. The van der Waals surface area contributed by atoms with Crippen molar-refractivity contribution in [3.8, 4) is 11.5 Å². The summed E-state index contributed by atoms with van der Waals surface area (Å²) in [7, 11) is 5.47. The van der Waals surface area contributed by atoms with Gasteiger partial charge in [-0.2, -0.15) is 0 Å². The van der Waals surface area contributed by atoms with E-state index in [0.29, 0.717) is 12.4 Å². The van der Waals surface area contributed by atoms with Crippen LogP contribution in [0.2, 0.25) is 0 Å². The van der Waals surface area contributed by atoms with Gasteiger partial charge in [0.1, 0.15) is 23.9 Å². The summed E-state index contributed by atoms with van der Waals surface area (Å²) in [5.41, 5.74) is 1.05. The van der Waals surface area contributed by atoms with Gasteiger partial charge in [-0.3, -0.25) is 4.79 Å². The van der Waals surface area contributed by atoms with E-state index in [-0.39, 0.29) is 12.5 Å². The second-order valence-electron chi connectivity index (χ2n) is 5.14. The summed E-state index contributed by atoms with van der Waals surface area (Å²) in [6, 6.07) is 11.1. The van der Waals surface area contributed by atoms with Crippen molar-refractivity contribution in [1.29, 1.82) is 0 Å². The molecule has 6 heteroatoms. The molecule has 2 aromatic rings. The molecule has 122 valence electrons. The number of rotatable bonds is 7. The first-order chi connectivity index (χ1) is 11.1. The number of pyridine rings is 1. The van der Waals surface area contributed by atoms with E-state index in [1.807, 2.05) is 43.3 Å². The zero-order valence-electron chi connectivity index (χ0n) is 13.6. The van der Waals surface area contributed by atoms with E-state index >= 15 is 0 Å². The van der Waals surface area contributed by atoms with Crippen LogP contribution in [-0.4, -0.2) is 38.6 Å². The summed E-state index contributed by atoms with van der Waals surface area (Å²) < 4.78 is 11.1. The van der Waals surface area contributed by atoms with E-state index in [2.05, 4.69) is 10.3 Å². The molecule has 1 N–H and O–H groups in total. The molecular formula is C17H21N3O3. The first kappa shape index (κ1) is 16.6. The molecule has 1 amide bonds. The van der Waals surface area contributed by atoms with Crippen molar-refractivity contribution >= 4 is 11.7 Å². The van der Waals surface area contributed by atoms with Crippen LogP contribution in [0.5, 0.6) is 11.5 Å². The normalized spacial score (nSPS) is 10.0. The molecule has 1 aromatic heterocycles. The molecular weight excluding hydrogens is 294 g/mol. The third-order valence-electron chi connectivity index (χ3n) is 3.15. The van der Waals surface area contributed by atoms with Crippen molar-refractivity contribution in [1.82, 2.24) is 10.3 Å². The molecule has 0 fully saturated rings. The standard InChI is InChI=1S/C17H21N3O3/c1-18-17(21)12-23-15-6-4-14(5-7-15)22-11-13-8-9-19-16(10-13)20(2)3/h4-10H,11-12H2,1-3H3,(H,18,21). The van der Waals surface area contributed by atoms with Crippen LogP contribution in [0.1, 0.15) is 5.56 Å². The van der Waals surface area contributed by atoms with Crippen molar-refractivity contribution in [2.75, 3.05) is 32.6 Å². The van der Waals surface area contributed by atoms with Gasteiger partial charge >= 0.3 is 0 Å². The second kappa shape index (κ2) is 8.03. The topological polar surface area (TPSA) is 63.7 Å². The number of anilines is 1. The largest absolute Gasteiger partial charge is 0.489 e. The van der Waals surface area contributed by atoms with Gasteiger partial charge in [-0.1, -0.05) is 0 Å². The Morgan fingerprint density at radius 3 is 2.39 bits per heavy atom. The highest BCUT2D eigenvalue weighted by Crippen LogP contribution is 2.19. The number of nitrogens with one attached hydrogen (secondary N) is 1. The molecule has 23 heavy (non-hydrogen) atoms. The van der Waals surface area contributed by atoms with E-state index in [4.69, 9.17) is 9.47 Å². The van der Waals surface area contributed by atoms with Crippen LogP contribution in [0.3, 0.4) is 0 Å². The van der Waals surface area contributed by atoms with Crippen molar-refractivity contribution in [3.63, 3.8) is 0 Å². The van der Waals surface area contributed by atoms with E-state index in [0.717, 1.165) is 17.1 Å². The first-order valence-corrected chi connectivity index (χ1v) is 7.27. The van der Waals surface area contributed by atoms with E-state index in [1.54, 1.807) is 25.4 Å². The molecule has 2 rings (SSSR count). The fourth-order valence-electron chi connectivity index (χ4n) is 1.81. The molecule has 0 radical (unpaired) electrons. The van der Waals surface area contributed by atoms with Gasteiger partial charge in [-0.25, -0.2) is 4.98 Å². The Labute approximate surface area is 136 Å². The van der Waals surface area contributed by atoms with Gasteiger partial charge in [0.05, 0.1) is 0 Å². The fraction of sp³-hybridized carbons (Fsp3) is 0.294. The zero-order valence-corrected chi connectivity index (χ0v) is 13.6. The maximum absolute atomic E-state index is 11.1. The monoisotopic (exact) mass is 315 g/mol. The van der Waals surface area contributed by atoms with Crippen molar-refractivity contribution in [3.05, 3.63) is 48.2 Å². The molecule has 0 atom stereocenters. The van der Waals surface area contributed by atoms with Gasteiger partial charge in [0.15, 0.2) is 6.61 Å². The Bertz CT molecular complexity index is 642. The second-order valence-corrected chi connectivity index (χ2v) is 5.14. The number of carbonyl (C=O) groups excluding carboxylic acids is 1. The molecule has 0 bridgehead atoms. The minimum Gasteiger partial charge on any atom is -0.489 e. The Kier molecular flexibility index (Phi) is 5.80. The Hall–Kier alpha value is -2.76. The lowest BCUT2D eigenvalue weighted by molar-refractivity contribution is -0.122. The lowest BCUT2D eigenvalue weighted by Gasteiger charge is -2.13. The molecule has 0 aliphatic rings.